The molecule has 34 heavy (non-hydrogen) atoms. The van der Waals surface area contributed by atoms with E-state index in [0.29, 0.717) is 19.0 Å². The molecule has 3 aliphatic rings. The van der Waals surface area contributed by atoms with E-state index in [-0.39, 0.29) is 46.7 Å². The van der Waals surface area contributed by atoms with Crippen LogP contribution in [0.15, 0.2) is 41.9 Å². The Kier molecular flexibility index (Phi) is 6.84. The minimum atomic E-state index is -1.99. The molecule has 2 heterocycles. The van der Waals surface area contributed by atoms with E-state index in [4.69, 9.17) is 23.4 Å². The summed E-state index contributed by atoms with van der Waals surface area (Å²) in [5.74, 6) is 3.16. The van der Waals surface area contributed by atoms with Crippen molar-refractivity contribution in [3.63, 3.8) is 0 Å². The van der Waals surface area contributed by atoms with Crippen LogP contribution in [0.4, 0.5) is 0 Å². The second-order valence-electron chi connectivity index (χ2n) is 11.4. The van der Waals surface area contributed by atoms with Crippen LogP contribution in [0.2, 0.25) is 18.1 Å². The van der Waals surface area contributed by atoms with E-state index in [1.54, 1.807) is 14.2 Å². The van der Waals surface area contributed by atoms with E-state index in [1.165, 1.54) is 0 Å². The van der Waals surface area contributed by atoms with Crippen molar-refractivity contribution in [2.75, 3.05) is 27.4 Å². The minimum absolute atomic E-state index is 0.0214. The molecular formula is C27H40O6Si. The Morgan fingerprint density at radius 1 is 0.941 bits per heavy atom. The lowest BCUT2D eigenvalue weighted by Gasteiger charge is -2.36. The zero-order chi connectivity index (χ0) is 24.8. The molecular weight excluding hydrogens is 448 g/mol. The van der Waals surface area contributed by atoms with Gasteiger partial charge in [0.2, 0.25) is 8.32 Å². The van der Waals surface area contributed by atoms with Crippen molar-refractivity contribution < 1.29 is 28.5 Å². The van der Waals surface area contributed by atoms with Crippen LogP contribution in [0.3, 0.4) is 0 Å². The maximum Gasteiger partial charge on any atom is 0.250 e. The lowest BCUT2D eigenvalue weighted by molar-refractivity contribution is -0.00246. The number of allylic oxidation sites excluding steroid dienone is 1. The van der Waals surface area contributed by atoms with E-state index < -0.39 is 8.32 Å². The van der Waals surface area contributed by atoms with Crippen LogP contribution in [0, 0.1) is 23.7 Å². The van der Waals surface area contributed by atoms with Crippen molar-refractivity contribution in [3.05, 3.63) is 47.4 Å². The number of aliphatic hydroxyl groups is 1. The van der Waals surface area contributed by atoms with Gasteiger partial charge in [-0.25, -0.2) is 0 Å². The summed E-state index contributed by atoms with van der Waals surface area (Å²) in [6, 6.07) is 6.16. The van der Waals surface area contributed by atoms with Gasteiger partial charge in [0.25, 0.3) is 0 Å². The molecule has 1 aromatic rings. The van der Waals surface area contributed by atoms with E-state index >= 15 is 0 Å². The number of ether oxygens (including phenoxy) is 4. The molecule has 0 saturated carbocycles. The van der Waals surface area contributed by atoms with Gasteiger partial charge < -0.3 is 28.5 Å². The average molecular weight is 489 g/mol. The maximum atomic E-state index is 10.2. The Bertz CT molecular complexity index is 962. The Morgan fingerprint density at radius 2 is 1.62 bits per heavy atom. The lowest BCUT2D eigenvalue weighted by Crippen LogP contribution is -2.43. The SMILES string of the molecule is COC1=CC(C2OCC3C(c4cc(OC)cc(O[Si](C)(C)C(C)(C)C)c4)OCC32)C(C)C=C1O. The quantitative estimate of drug-likeness (QED) is 0.494. The third-order valence-electron chi connectivity index (χ3n) is 8.18. The second-order valence-corrected chi connectivity index (χ2v) is 16.1. The second kappa shape index (κ2) is 9.24. The molecule has 1 N–H and O–H groups in total. The molecule has 6 nitrogen and oxygen atoms in total. The van der Waals surface area contributed by atoms with Gasteiger partial charge in [-0.05, 0) is 53.9 Å². The summed E-state index contributed by atoms with van der Waals surface area (Å²) in [7, 11) is 1.28. The molecule has 0 radical (unpaired) electrons. The smallest absolute Gasteiger partial charge is 0.250 e. The van der Waals surface area contributed by atoms with Crippen molar-refractivity contribution in [2.45, 2.75) is 58.0 Å². The summed E-state index contributed by atoms with van der Waals surface area (Å²) >= 11 is 0. The topological polar surface area (TPSA) is 66.4 Å². The van der Waals surface area contributed by atoms with E-state index in [9.17, 15) is 5.11 Å². The number of aliphatic hydroxyl groups excluding tert-OH is 1. The van der Waals surface area contributed by atoms with Gasteiger partial charge >= 0.3 is 0 Å². The van der Waals surface area contributed by atoms with Crippen LogP contribution >= 0.6 is 0 Å². The number of methoxy groups -OCH3 is 2. The molecule has 7 heteroatoms. The predicted molar refractivity (Wildman–Crippen MR) is 135 cm³/mol. The average Bonchev–Trinajstić information content (AvgIpc) is 3.35. The molecule has 2 aliphatic heterocycles. The molecule has 2 saturated heterocycles. The number of hydrogen-bond donors (Lipinski definition) is 1. The summed E-state index contributed by atoms with van der Waals surface area (Å²) in [6.07, 6.45) is 3.82. The summed E-state index contributed by atoms with van der Waals surface area (Å²) < 4.78 is 30.4. The van der Waals surface area contributed by atoms with Crippen LogP contribution < -0.4 is 9.16 Å². The van der Waals surface area contributed by atoms with Crippen LogP contribution in [-0.4, -0.2) is 47.0 Å². The Hall–Kier alpha value is -1.96. The van der Waals surface area contributed by atoms with E-state index in [1.807, 2.05) is 18.2 Å². The highest BCUT2D eigenvalue weighted by Crippen LogP contribution is 2.50. The first kappa shape index (κ1) is 25.1. The highest BCUT2D eigenvalue weighted by atomic mass is 28.4. The fourth-order valence-electron chi connectivity index (χ4n) is 5.13. The van der Waals surface area contributed by atoms with Gasteiger partial charge in [0.05, 0.1) is 39.6 Å². The predicted octanol–water partition coefficient (Wildman–Crippen LogP) is 6.02. The van der Waals surface area contributed by atoms with Gasteiger partial charge in [-0.2, -0.15) is 0 Å². The summed E-state index contributed by atoms with van der Waals surface area (Å²) in [6.45, 7) is 14.6. The fraction of sp³-hybridized carbons (Fsp3) is 0.630. The molecule has 0 spiro atoms. The van der Waals surface area contributed by atoms with Crippen molar-refractivity contribution >= 4 is 8.32 Å². The van der Waals surface area contributed by atoms with Gasteiger partial charge in [-0.15, -0.1) is 0 Å². The van der Waals surface area contributed by atoms with Gasteiger partial charge in [0, 0.05) is 23.8 Å². The molecule has 1 aliphatic carbocycles. The fourth-order valence-corrected chi connectivity index (χ4v) is 6.14. The largest absolute Gasteiger partial charge is 0.543 e. The summed E-state index contributed by atoms with van der Waals surface area (Å²) in [4.78, 5) is 0. The molecule has 6 atom stereocenters. The summed E-state index contributed by atoms with van der Waals surface area (Å²) in [5.41, 5.74) is 1.08. The van der Waals surface area contributed by atoms with Gasteiger partial charge in [0.15, 0.2) is 11.5 Å². The normalized spacial score (nSPS) is 31.5. The standard InChI is InChI=1S/C27H40O6Si/c1-16-9-23(28)24(30-6)13-20(16)26-22-15-31-25(21(22)14-32-26)17-10-18(29-5)12-19(11-17)33-34(7,8)27(2,3)4/h9-13,16,20-22,25-26,28H,14-15H2,1-8H3. The molecule has 0 bridgehead atoms. The van der Waals surface area contributed by atoms with Crippen LogP contribution in [0.1, 0.15) is 39.4 Å². The minimum Gasteiger partial charge on any atom is -0.543 e. The first-order valence-electron chi connectivity index (χ1n) is 12.2. The Labute approximate surface area is 205 Å². The molecule has 0 amide bonds. The van der Waals surface area contributed by atoms with Crippen molar-refractivity contribution in [1.82, 2.24) is 0 Å². The number of benzene rings is 1. The van der Waals surface area contributed by atoms with Gasteiger partial charge in [0.1, 0.15) is 11.5 Å². The zero-order valence-electron chi connectivity index (χ0n) is 21.8. The lowest BCUT2D eigenvalue weighted by atomic mass is 9.76. The monoisotopic (exact) mass is 488 g/mol. The number of rotatable bonds is 6. The highest BCUT2D eigenvalue weighted by molar-refractivity contribution is 6.74. The number of fused-ring (bicyclic) bond motifs is 1. The first-order valence-corrected chi connectivity index (χ1v) is 15.1. The van der Waals surface area contributed by atoms with Crippen LogP contribution in [0.25, 0.3) is 0 Å². The maximum absolute atomic E-state index is 10.2. The summed E-state index contributed by atoms with van der Waals surface area (Å²) in [5, 5.41) is 10.3. The van der Waals surface area contributed by atoms with Crippen molar-refractivity contribution in [2.24, 2.45) is 23.7 Å². The third-order valence-corrected chi connectivity index (χ3v) is 12.5. The molecule has 4 rings (SSSR count). The molecule has 2 fully saturated rings. The van der Waals surface area contributed by atoms with Gasteiger partial charge in [-0.1, -0.05) is 27.7 Å². The number of hydrogen-bond acceptors (Lipinski definition) is 6. The molecule has 6 unspecified atom stereocenters. The van der Waals surface area contributed by atoms with Crippen molar-refractivity contribution in [1.29, 1.82) is 0 Å². The Balaban J connectivity index is 1.57. The zero-order valence-corrected chi connectivity index (χ0v) is 22.8. The van der Waals surface area contributed by atoms with Crippen LogP contribution in [0.5, 0.6) is 11.5 Å². The first-order chi connectivity index (χ1) is 15.9. The van der Waals surface area contributed by atoms with E-state index in [2.05, 4.69) is 52.9 Å². The third kappa shape index (κ3) is 4.62. The Morgan fingerprint density at radius 3 is 2.26 bits per heavy atom. The molecule has 1 aromatic carbocycles. The van der Waals surface area contributed by atoms with Gasteiger partial charge in [-0.3, -0.25) is 0 Å². The van der Waals surface area contributed by atoms with Crippen molar-refractivity contribution in [3.8, 4) is 11.5 Å². The molecule has 0 aromatic heterocycles. The van der Waals surface area contributed by atoms with Crippen LogP contribution in [-0.2, 0) is 14.2 Å². The van der Waals surface area contributed by atoms with E-state index in [0.717, 1.165) is 17.1 Å². The molecule has 188 valence electrons. The highest BCUT2D eigenvalue weighted by Gasteiger charge is 2.51.